The normalized spacial score (nSPS) is 9.82. The summed E-state index contributed by atoms with van der Waals surface area (Å²) in [5.41, 5.74) is 0.469. The highest BCUT2D eigenvalue weighted by Gasteiger charge is 2.09. The number of amides is 1. The minimum absolute atomic E-state index is 0.00953. The van der Waals surface area contributed by atoms with Crippen molar-refractivity contribution in [2.75, 3.05) is 20.7 Å². The van der Waals surface area contributed by atoms with Gasteiger partial charge in [0, 0.05) is 14.1 Å². The molecule has 92 valence electrons. The van der Waals surface area contributed by atoms with E-state index in [0.717, 1.165) is 6.29 Å². The lowest BCUT2D eigenvalue weighted by Gasteiger charge is -2.12. The number of para-hydroxylation sites is 1. The molecule has 0 heterocycles. The summed E-state index contributed by atoms with van der Waals surface area (Å²) in [6, 6.07) is 5.21. The monoisotopic (exact) mass is 299 g/mol. The molecule has 1 aromatic rings. The summed E-state index contributed by atoms with van der Waals surface area (Å²) in [5, 5.41) is 0. The molecule has 0 aliphatic heterocycles. The van der Waals surface area contributed by atoms with Crippen LogP contribution in [0, 0.1) is 0 Å². The zero-order valence-corrected chi connectivity index (χ0v) is 11.4. The molecule has 0 aliphatic rings. The van der Waals surface area contributed by atoms with Crippen molar-refractivity contribution in [3.63, 3.8) is 0 Å². The summed E-state index contributed by atoms with van der Waals surface area (Å²) >= 11 is 3.30. The topological polar surface area (TPSA) is 46.6 Å². The lowest BCUT2D eigenvalue weighted by molar-refractivity contribution is -0.129. The lowest BCUT2D eigenvalue weighted by Crippen LogP contribution is -2.23. The van der Waals surface area contributed by atoms with Crippen LogP contribution in [0.5, 0.6) is 5.75 Å². The van der Waals surface area contributed by atoms with Crippen molar-refractivity contribution in [1.29, 1.82) is 0 Å². The fraction of sp³-hybridized carbons (Fsp3) is 0.333. The molecule has 0 aromatic heterocycles. The molecule has 0 aliphatic carbocycles. The number of benzene rings is 1. The van der Waals surface area contributed by atoms with Crippen LogP contribution in [-0.2, 0) is 4.79 Å². The van der Waals surface area contributed by atoms with Crippen LogP contribution < -0.4 is 4.74 Å². The van der Waals surface area contributed by atoms with E-state index in [2.05, 4.69) is 15.9 Å². The molecular formula is C12H14BrNO3. The minimum Gasteiger partial charge on any atom is -0.491 e. The van der Waals surface area contributed by atoms with E-state index in [1.807, 2.05) is 0 Å². The van der Waals surface area contributed by atoms with Crippen LogP contribution in [0.15, 0.2) is 22.7 Å². The van der Waals surface area contributed by atoms with E-state index in [4.69, 9.17) is 4.74 Å². The van der Waals surface area contributed by atoms with Gasteiger partial charge in [0.25, 0.3) is 0 Å². The molecule has 0 radical (unpaired) electrons. The highest BCUT2D eigenvalue weighted by molar-refractivity contribution is 9.10. The predicted octanol–water partition coefficient (Wildman–Crippen LogP) is 2.12. The molecule has 5 heteroatoms. The first-order chi connectivity index (χ1) is 8.06. The maximum atomic E-state index is 11.3. The standard InChI is InChI=1S/C12H14BrNO3/c1-14(2)11(16)6-7-17-12-9(8-15)4-3-5-10(12)13/h3-5,8H,6-7H2,1-2H3. The van der Waals surface area contributed by atoms with Crippen molar-refractivity contribution < 1.29 is 14.3 Å². The molecule has 0 spiro atoms. The number of carbonyl (C=O) groups excluding carboxylic acids is 2. The first-order valence-corrected chi connectivity index (χ1v) is 5.92. The highest BCUT2D eigenvalue weighted by Crippen LogP contribution is 2.27. The molecule has 4 nitrogen and oxygen atoms in total. The Morgan fingerprint density at radius 3 is 2.76 bits per heavy atom. The summed E-state index contributed by atoms with van der Waals surface area (Å²) in [7, 11) is 3.38. The van der Waals surface area contributed by atoms with Crippen LogP contribution in [0.3, 0.4) is 0 Å². The van der Waals surface area contributed by atoms with Crippen LogP contribution in [0.1, 0.15) is 16.8 Å². The first-order valence-electron chi connectivity index (χ1n) is 5.13. The first kappa shape index (κ1) is 13.7. The van der Waals surface area contributed by atoms with Crippen molar-refractivity contribution in [2.45, 2.75) is 6.42 Å². The lowest BCUT2D eigenvalue weighted by atomic mass is 10.2. The van der Waals surface area contributed by atoms with Crippen molar-refractivity contribution in [3.8, 4) is 5.75 Å². The van der Waals surface area contributed by atoms with Gasteiger partial charge in [-0.1, -0.05) is 6.07 Å². The molecule has 0 fully saturated rings. The molecule has 0 saturated heterocycles. The Morgan fingerprint density at radius 2 is 2.18 bits per heavy atom. The van der Waals surface area contributed by atoms with Gasteiger partial charge < -0.3 is 9.64 Å². The van der Waals surface area contributed by atoms with Crippen molar-refractivity contribution in [1.82, 2.24) is 4.90 Å². The van der Waals surface area contributed by atoms with E-state index in [0.29, 0.717) is 15.8 Å². The zero-order valence-electron chi connectivity index (χ0n) is 9.77. The number of carbonyl (C=O) groups is 2. The minimum atomic E-state index is -0.00953. The zero-order chi connectivity index (χ0) is 12.8. The van der Waals surface area contributed by atoms with Crippen LogP contribution >= 0.6 is 15.9 Å². The quantitative estimate of drug-likeness (QED) is 0.783. The van der Waals surface area contributed by atoms with Crippen molar-refractivity contribution in [2.24, 2.45) is 0 Å². The molecule has 0 unspecified atom stereocenters. The SMILES string of the molecule is CN(C)C(=O)CCOc1c(Br)cccc1C=O. The molecule has 0 N–H and O–H groups in total. The Kier molecular flexibility index (Phi) is 5.15. The van der Waals surface area contributed by atoms with Gasteiger partial charge in [0.05, 0.1) is 23.1 Å². The fourth-order valence-corrected chi connectivity index (χ4v) is 1.73. The van der Waals surface area contributed by atoms with Crippen molar-refractivity contribution in [3.05, 3.63) is 28.2 Å². The second-order valence-corrected chi connectivity index (χ2v) is 4.52. The van der Waals surface area contributed by atoms with E-state index in [9.17, 15) is 9.59 Å². The maximum absolute atomic E-state index is 11.3. The van der Waals surface area contributed by atoms with E-state index < -0.39 is 0 Å². The number of hydrogen-bond donors (Lipinski definition) is 0. The number of aldehydes is 1. The second-order valence-electron chi connectivity index (χ2n) is 3.66. The molecule has 0 bridgehead atoms. The third-order valence-electron chi connectivity index (χ3n) is 2.19. The van der Waals surface area contributed by atoms with Gasteiger partial charge >= 0.3 is 0 Å². The molecule has 0 atom stereocenters. The number of nitrogens with zero attached hydrogens (tertiary/aromatic N) is 1. The third kappa shape index (κ3) is 3.85. The van der Waals surface area contributed by atoms with Crippen LogP contribution in [0.4, 0.5) is 0 Å². The summed E-state index contributed by atoms with van der Waals surface area (Å²) in [4.78, 5) is 23.6. The van der Waals surface area contributed by atoms with Crippen LogP contribution in [-0.4, -0.2) is 37.8 Å². The van der Waals surface area contributed by atoms with E-state index in [1.165, 1.54) is 4.90 Å². The van der Waals surface area contributed by atoms with Crippen LogP contribution in [0.2, 0.25) is 0 Å². The molecule has 17 heavy (non-hydrogen) atoms. The number of halogens is 1. The van der Waals surface area contributed by atoms with Crippen molar-refractivity contribution >= 4 is 28.1 Å². The van der Waals surface area contributed by atoms with Gasteiger partial charge in [-0.05, 0) is 28.1 Å². The Hall–Kier alpha value is -1.36. The summed E-state index contributed by atoms with van der Waals surface area (Å²) < 4.78 is 6.16. The highest BCUT2D eigenvalue weighted by atomic mass is 79.9. The Morgan fingerprint density at radius 1 is 1.47 bits per heavy atom. The number of ether oxygens (including phenoxy) is 1. The molecule has 1 aromatic carbocycles. The number of hydrogen-bond acceptors (Lipinski definition) is 3. The summed E-state index contributed by atoms with van der Waals surface area (Å²) in [6.45, 7) is 0.250. The summed E-state index contributed by atoms with van der Waals surface area (Å²) in [5.74, 6) is 0.471. The van der Waals surface area contributed by atoms with Gasteiger partial charge in [0.1, 0.15) is 5.75 Å². The second kappa shape index (κ2) is 6.39. The van der Waals surface area contributed by atoms with Gasteiger partial charge in [-0.15, -0.1) is 0 Å². The van der Waals surface area contributed by atoms with Gasteiger partial charge in [0.15, 0.2) is 6.29 Å². The van der Waals surface area contributed by atoms with Gasteiger partial charge in [-0.25, -0.2) is 0 Å². The largest absolute Gasteiger partial charge is 0.491 e. The molecule has 1 rings (SSSR count). The van der Waals surface area contributed by atoms with Gasteiger partial charge in [-0.3, -0.25) is 9.59 Å². The molecule has 1 amide bonds. The predicted molar refractivity (Wildman–Crippen MR) is 68.3 cm³/mol. The smallest absolute Gasteiger partial charge is 0.225 e. The average Bonchev–Trinajstić information content (AvgIpc) is 2.30. The van der Waals surface area contributed by atoms with E-state index in [1.54, 1.807) is 32.3 Å². The maximum Gasteiger partial charge on any atom is 0.225 e. The van der Waals surface area contributed by atoms with Crippen LogP contribution in [0.25, 0.3) is 0 Å². The van der Waals surface area contributed by atoms with Gasteiger partial charge in [-0.2, -0.15) is 0 Å². The molecular weight excluding hydrogens is 286 g/mol. The Balaban J connectivity index is 2.63. The third-order valence-corrected chi connectivity index (χ3v) is 2.81. The van der Waals surface area contributed by atoms with E-state index in [-0.39, 0.29) is 18.9 Å². The fourth-order valence-electron chi connectivity index (χ4n) is 1.23. The molecule has 0 saturated carbocycles. The Bertz CT molecular complexity index is 418. The number of rotatable bonds is 5. The summed E-state index contributed by atoms with van der Waals surface area (Å²) in [6.07, 6.45) is 1.01. The van der Waals surface area contributed by atoms with E-state index >= 15 is 0 Å². The van der Waals surface area contributed by atoms with Gasteiger partial charge in [0.2, 0.25) is 5.91 Å². The Labute approximate surface area is 109 Å². The average molecular weight is 300 g/mol.